The number of hydrogen-bond donors (Lipinski definition) is 4. The first-order valence-corrected chi connectivity index (χ1v) is 20.9. The van der Waals surface area contributed by atoms with E-state index in [0.29, 0.717) is 42.2 Å². The molecule has 1 aromatic heterocycles. The lowest BCUT2D eigenvalue weighted by Gasteiger charge is -2.44. The van der Waals surface area contributed by atoms with Crippen LogP contribution in [0, 0.1) is 5.82 Å². The van der Waals surface area contributed by atoms with Crippen molar-refractivity contribution in [2.75, 3.05) is 64.4 Å². The molecule has 3 aromatic rings. The number of nitrogens with one attached hydrogen (secondary N) is 2. The normalized spacial score (nSPS) is 23.4. The molecule has 5 atom stereocenters. The molecule has 8 rings (SSSR count). The number of aromatic nitrogens is 1. The van der Waals surface area contributed by atoms with Gasteiger partial charge in [-0.25, -0.2) is 18.8 Å². The Kier molecular flexibility index (Phi) is 12.0. The molecule has 330 valence electrons. The number of anilines is 1. The molecule has 0 saturated carbocycles. The Balaban J connectivity index is 0.000000196. The Morgan fingerprint density at radius 1 is 0.984 bits per heavy atom. The summed E-state index contributed by atoms with van der Waals surface area (Å²) in [6, 6.07) is 5.11. The van der Waals surface area contributed by atoms with Gasteiger partial charge in [0.1, 0.15) is 41.4 Å². The molecule has 21 heteroatoms. The third kappa shape index (κ3) is 7.78. The number of urea groups is 1. The SMILES string of the molecule is CCN1CCN(C(=O)N[C@@H](C(=O)N[C@@H]2C(=O)N3[C@@H]2SC(C)(C)[C@@H]3C(=O)O)c2ccccc2)C(=O)C1=O.C[C@H]1COc2c(N3CCN(C)CC3)c(F)cc3c(=O)c(C(=O)O)cn1c23. The van der Waals surface area contributed by atoms with Gasteiger partial charge in [0.2, 0.25) is 17.2 Å². The number of carbonyl (C=O) groups excluding carboxylic acids is 5. The number of halogens is 1. The number of nitrogens with zero attached hydrogens (tertiary/aromatic N) is 6. The largest absolute Gasteiger partial charge is 0.487 e. The first-order valence-electron chi connectivity index (χ1n) is 20.1. The molecule has 5 aliphatic heterocycles. The quantitative estimate of drug-likeness (QED) is 0.185. The van der Waals surface area contributed by atoms with E-state index in [1.165, 1.54) is 27.8 Å². The summed E-state index contributed by atoms with van der Waals surface area (Å²) in [7, 11) is 2.02. The molecule has 0 bridgehead atoms. The molecule has 62 heavy (non-hydrogen) atoms. The van der Waals surface area contributed by atoms with Crippen LogP contribution in [0.15, 0.2) is 47.4 Å². The highest BCUT2D eigenvalue weighted by atomic mass is 32.2. The predicted molar refractivity (Wildman–Crippen MR) is 222 cm³/mol. The smallest absolute Gasteiger partial charge is 0.341 e. The zero-order valence-electron chi connectivity index (χ0n) is 34.6. The number of β-lactam (4-membered cyclic amide) rings is 1. The van der Waals surface area contributed by atoms with Gasteiger partial charge in [-0.3, -0.25) is 28.9 Å². The van der Waals surface area contributed by atoms with Gasteiger partial charge in [-0.1, -0.05) is 30.3 Å². The summed E-state index contributed by atoms with van der Waals surface area (Å²) in [5, 5.41) is 23.5. The van der Waals surface area contributed by atoms with Gasteiger partial charge in [0.25, 0.3) is 0 Å². The zero-order chi connectivity index (χ0) is 44.9. The molecule has 6 heterocycles. The second-order valence-corrected chi connectivity index (χ2v) is 18.0. The van der Waals surface area contributed by atoms with E-state index in [1.807, 2.05) is 18.9 Å². The van der Waals surface area contributed by atoms with Gasteiger partial charge in [-0.2, -0.15) is 0 Å². The number of piperazine rings is 2. The van der Waals surface area contributed by atoms with Crippen LogP contribution in [0.3, 0.4) is 0 Å². The number of fused-ring (bicyclic) bond motifs is 1. The minimum atomic E-state index is -1.32. The molecule has 4 N–H and O–H groups in total. The van der Waals surface area contributed by atoms with Crippen LogP contribution >= 0.6 is 11.8 Å². The standard InChI is InChI=1S/C23H27N5O7S.C18H20FN3O4/c1-4-26-10-11-27(19(32)18(26)31)22(35)25-13(12-8-6-5-7-9-12)16(29)24-14-17(30)28-15(21(33)34)23(2,3)36-20(14)28;1-10-9-26-17-14-11(16(23)12(18(24)25)8-22(10)14)7-13(19)15(17)21-5-3-20(2)4-6-21/h5-9,13-15,20H,4,10-11H2,1-3H3,(H,24,29)(H,25,35)(H,33,34);7-8,10H,3-6,9H2,1-2H3,(H,24,25)/t13-,14-,15+,20-;10-/m10/s1. The van der Waals surface area contributed by atoms with Crippen LogP contribution in [0.1, 0.15) is 55.7 Å². The molecule has 0 radical (unpaired) electrons. The summed E-state index contributed by atoms with van der Waals surface area (Å²) >= 11 is 1.28. The topological polar surface area (TPSA) is 231 Å². The van der Waals surface area contributed by atoms with Crippen LogP contribution in [0.2, 0.25) is 0 Å². The number of amides is 6. The van der Waals surface area contributed by atoms with Crippen LogP contribution in [0.4, 0.5) is 14.9 Å². The van der Waals surface area contributed by atoms with E-state index in [-0.39, 0.29) is 36.7 Å². The van der Waals surface area contributed by atoms with Gasteiger partial charge in [0.05, 0.1) is 16.9 Å². The number of pyridine rings is 1. The molecule has 19 nitrogen and oxygen atoms in total. The Hall–Kier alpha value is -6.22. The predicted octanol–water partition coefficient (Wildman–Crippen LogP) is 1.30. The van der Waals surface area contributed by atoms with Crippen molar-refractivity contribution in [2.24, 2.45) is 0 Å². The summed E-state index contributed by atoms with van der Waals surface area (Å²) < 4.78 is 21.8. The van der Waals surface area contributed by atoms with Crippen LogP contribution in [-0.2, 0) is 24.0 Å². The summed E-state index contributed by atoms with van der Waals surface area (Å²) in [5.74, 6) is -5.66. The molecule has 2 aromatic carbocycles. The number of imide groups is 1. The van der Waals surface area contributed by atoms with Gasteiger partial charge < -0.3 is 49.8 Å². The van der Waals surface area contributed by atoms with Crippen molar-refractivity contribution in [3.63, 3.8) is 0 Å². The van der Waals surface area contributed by atoms with Gasteiger partial charge >= 0.3 is 29.8 Å². The van der Waals surface area contributed by atoms with Crippen molar-refractivity contribution in [1.82, 2.24) is 34.8 Å². The summed E-state index contributed by atoms with van der Waals surface area (Å²) in [4.78, 5) is 107. The molecule has 4 saturated heterocycles. The number of hydrogen-bond acceptors (Lipinski definition) is 12. The van der Waals surface area contributed by atoms with E-state index in [1.54, 1.807) is 55.7 Å². The number of rotatable bonds is 8. The zero-order valence-corrected chi connectivity index (χ0v) is 35.4. The third-order valence-corrected chi connectivity index (χ3v) is 13.3. The molecular weight excluding hydrogens is 832 g/mol. The monoisotopic (exact) mass is 878 g/mol. The number of aliphatic carboxylic acids is 1. The maximum absolute atomic E-state index is 15.0. The van der Waals surface area contributed by atoms with E-state index in [2.05, 4.69) is 15.5 Å². The summed E-state index contributed by atoms with van der Waals surface area (Å²) in [6.07, 6.45) is 1.34. The first-order chi connectivity index (χ1) is 29.4. The van der Waals surface area contributed by atoms with Crippen molar-refractivity contribution in [3.05, 3.63) is 69.8 Å². The number of carboxylic acid groups (broad SMARTS) is 2. The van der Waals surface area contributed by atoms with E-state index in [9.17, 15) is 53.0 Å². The van der Waals surface area contributed by atoms with E-state index in [4.69, 9.17) is 4.74 Å². The lowest BCUT2D eigenvalue weighted by Crippen LogP contribution is -2.71. The number of carboxylic acids is 2. The Labute approximate surface area is 358 Å². The second-order valence-electron chi connectivity index (χ2n) is 16.2. The Morgan fingerprint density at radius 3 is 2.29 bits per heavy atom. The number of aromatic carboxylic acids is 1. The van der Waals surface area contributed by atoms with Gasteiger partial charge in [0.15, 0.2) is 11.6 Å². The van der Waals surface area contributed by atoms with Gasteiger partial charge in [-0.15, -0.1) is 11.8 Å². The summed E-state index contributed by atoms with van der Waals surface area (Å²) in [5.41, 5.74) is 0.180. The number of carbonyl (C=O) groups is 7. The van der Waals surface area contributed by atoms with E-state index in [0.717, 1.165) is 24.1 Å². The van der Waals surface area contributed by atoms with E-state index < -0.39 is 81.1 Å². The fraction of sp³-hybridized carbons (Fsp3) is 0.463. The molecule has 5 aliphatic rings. The molecule has 6 amide bonds. The molecule has 0 unspecified atom stereocenters. The Morgan fingerprint density at radius 2 is 1.66 bits per heavy atom. The second kappa shape index (κ2) is 16.9. The minimum absolute atomic E-state index is 0.0200. The fourth-order valence-corrected chi connectivity index (χ4v) is 10.0. The van der Waals surface area contributed by atoms with Crippen LogP contribution in [0.5, 0.6) is 5.75 Å². The van der Waals surface area contributed by atoms with E-state index >= 15 is 0 Å². The van der Waals surface area contributed by atoms with Crippen LogP contribution in [0.25, 0.3) is 10.9 Å². The van der Waals surface area contributed by atoms with Crippen molar-refractivity contribution in [2.45, 2.75) is 62.0 Å². The molecular formula is C41H47FN8O11S. The molecule has 0 aliphatic carbocycles. The average Bonchev–Trinajstić information content (AvgIpc) is 3.50. The first kappa shape index (κ1) is 43.9. The van der Waals surface area contributed by atoms with Crippen molar-refractivity contribution >= 4 is 70.0 Å². The maximum Gasteiger partial charge on any atom is 0.341 e. The highest BCUT2D eigenvalue weighted by molar-refractivity contribution is 8.01. The third-order valence-electron chi connectivity index (χ3n) is 11.8. The van der Waals surface area contributed by atoms with Crippen LogP contribution < -0.4 is 25.7 Å². The maximum atomic E-state index is 15.0. The molecule has 0 spiro atoms. The Bertz CT molecular complexity index is 2420. The average molecular weight is 879 g/mol. The van der Waals surface area contributed by atoms with Crippen molar-refractivity contribution < 1.29 is 52.9 Å². The number of thioether (sulfide) groups is 1. The molecule has 4 fully saturated rings. The summed E-state index contributed by atoms with van der Waals surface area (Å²) in [6.45, 7) is 10.7. The fourth-order valence-electron chi connectivity index (χ4n) is 8.39. The highest BCUT2D eigenvalue weighted by Gasteiger charge is 2.64. The van der Waals surface area contributed by atoms with Crippen molar-refractivity contribution in [1.29, 1.82) is 0 Å². The van der Waals surface area contributed by atoms with Crippen molar-refractivity contribution in [3.8, 4) is 5.75 Å². The lowest BCUT2D eigenvalue weighted by molar-refractivity contribution is -0.161. The van der Waals surface area contributed by atoms with Crippen LogP contribution in [-0.4, -0.2) is 158 Å². The van der Waals surface area contributed by atoms with Gasteiger partial charge in [0, 0.05) is 56.8 Å². The number of benzene rings is 2. The number of ether oxygens (including phenoxy) is 1. The minimum Gasteiger partial charge on any atom is -0.487 e. The lowest BCUT2D eigenvalue weighted by atomic mass is 9.95. The van der Waals surface area contributed by atoms with Gasteiger partial charge in [-0.05, 0) is 46.4 Å². The number of likely N-dealkylation sites (N-methyl/N-ethyl adjacent to an activating group) is 2. The highest BCUT2D eigenvalue weighted by Crippen LogP contribution is 2.51.